The Morgan fingerprint density at radius 3 is 3.00 bits per heavy atom. The first-order valence-electron chi connectivity index (χ1n) is 6.33. The lowest BCUT2D eigenvalue weighted by Gasteiger charge is -2.32. The molecule has 0 bridgehead atoms. The SMILES string of the molecule is CC1C(=O)NCCN1C(=O)c1c[nH]c2ccccc12. The van der Waals surface area contributed by atoms with E-state index >= 15 is 0 Å². The fourth-order valence-corrected chi connectivity index (χ4v) is 2.46. The molecule has 1 unspecified atom stereocenters. The summed E-state index contributed by atoms with van der Waals surface area (Å²) in [5.41, 5.74) is 1.55. The summed E-state index contributed by atoms with van der Waals surface area (Å²) < 4.78 is 0. The van der Waals surface area contributed by atoms with Crippen LogP contribution in [0.2, 0.25) is 0 Å². The predicted octanol–water partition coefficient (Wildman–Crippen LogP) is 1.13. The van der Waals surface area contributed by atoms with Crippen molar-refractivity contribution in [3.63, 3.8) is 0 Å². The van der Waals surface area contributed by atoms with E-state index in [4.69, 9.17) is 0 Å². The molecular weight excluding hydrogens is 242 g/mol. The van der Waals surface area contributed by atoms with E-state index in [1.807, 2.05) is 24.3 Å². The van der Waals surface area contributed by atoms with Crippen molar-refractivity contribution in [3.05, 3.63) is 36.0 Å². The first-order valence-corrected chi connectivity index (χ1v) is 6.33. The number of para-hydroxylation sites is 1. The van der Waals surface area contributed by atoms with Crippen LogP contribution < -0.4 is 5.32 Å². The van der Waals surface area contributed by atoms with Crippen molar-refractivity contribution >= 4 is 22.7 Å². The monoisotopic (exact) mass is 257 g/mol. The Morgan fingerprint density at radius 1 is 1.37 bits per heavy atom. The summed E-state index contributed by atoms with van der Waals surface area (Å²) in [6.45, 7) is 2.81. The molecular formula is C14H15N3O2. The third-order valence-corrected chi connectivity index (χ3v) is 3.58. The first kappa shape index (κ1) is 11.8. The topological polar surface area (TPSA) is 65.2 Å². The van der Waals surface area contributed by atoms with Gasteiger partial charge in [0, 0.05) is 30.2 Å². The molecule has 0 aliphatic carbocycles. The third kappa shape index (κ3) is 1.87. The lowest BCUT2D eigenvalue weighted by atomic mass is 10.1. The van der Waals surface area contributed by atoms with Crippen LogP contribution in [0.25, 0.3) is 10.9 Å². The summed E-state index contributed by atoms with van der Waals surface area (Å²) in [4.78, 5) is 28.9. The number of nitrogens with one attached hydrogen (secondary N) is 2. The smallest absolute Gasteiger partial charge is 0.256 e. The Hall–Kier alpha value is -2.30. The molecule has 1 atom stereocenters. The summed E-state index contributed by atoms with van der Waals surface area (Å²) in [7, 11) is 0. The summed E-state index contributed by atoms with van der Waals surface area (Å²) in [6.07, 6.45) is 1.71. The molecule has 2 amide bonds. The van der Waals surface area contributed by atoms with Gasteiger partial charge >= 0.3 is 0 Å². The molecule has 0 radical (unpaired) electrons. The third-order valence-electron chi connectivity index (χ3n) is 3.58. The molecule has 2 heterocycles. The van der Waals surface area contributed by atoms with E-state index in [0.29, 0.717) is 18.7 Å². The van der Waals surface area contributed by atoms with Crippen molar-refractivity contribution < 1.29 is 9.59 Å². The number of amides is 2. The molecule has 0 saturated carbocycles. The highest BCUT2D eigenvalue weighted by molar-refractivity contribution is 6.08. The molecule has 0 spiro atoms. The molecule has 19 heavy (non-hydrogen) atoms. The van der Waals surface area contributed by atoms with Gasteiger partial charge in [0.25, 0.3) is 5.91 Å². The number of carbonyl (C=O) groups is 2. The summed E-state index contributed by atoms with van der Waals surface area (Å²) in [5, 5.41) is 3.65. The van der Waals surface area contributed by atoms with Gasteiger partial charge in [-0.3, -0.25) is 9.59 Å². The minimum absolute atomic E-state index is 0.0974. The quantitative estimate of drug-likeness (QED) is 0.804. The van der Waals surface area contributed by atoms with Gasteiger partial charge < -0.3 is 15.2 Å². The van der Waals surface area contributed by atoms with Gasteiger partial charge in [0.05, 0.1) is 5.56 Å². The van der Waals surface area contributed by atoms with E-state index in [0.717, 1.165) is 10.9 Å². The maximum absolute atomic E-state index is 12.6. The van der Waals surface area contributed by atoms with Crippen molar-refractivity contribution in [1.82, 2.24) is 15.2 Å². The first-order chi connectivity index (χ1) is 9.18. The number of rotatable bonds is 1. The van der Waals surface area contributed by atoms with Crippen LogP contribution in [-0.2, 0) is 4.79 Å². The molecule has 1 aliphatic rings. The van der Waals surface area contributed by atoms with Crippen molar-refractivity contribution in [2.24, 2.45) is 0 Å². The van der Waals surface area contributed by atoms with Gasteiger partial charge in [-0.15, -0.1) is 0 Å². The highest BCUT2D eigenvalue weighted by atomic mass is 16.2. The minimum Gasteiger partial charge on any atom is -0.360 e. The van der Waals surface area contributed by atoms with Crippen molar-refractivity contribution in [1.29, 1.82) is 0 Å². The highest BCUT2D eigenvalue weighted by Gasteiger charge is 2.30. The van der Waals surface area contributed by atoms with Gasteiger partial charge in [-0.05, 0) is 13.0 Å². The van der Waals surface area contributed by atoms with E-state index in [9.17, 15) is 9.59 Å². The molecule has 3 rings (SSSR count). The second kappa shape index (κ2) is 4.42. The number of piperazine rings is 1. The molecule has 1 aliphatic heterocycles. The van der Waals surface area contributed by atoms with E-state index < -0.39 is 6.04 Å². The van der Waals surface area contributed by atoms with E-state index in [1.165, 1.54) is 0 Å². The Bertz CT molecular complexity index is 647. The number of aromatic amines is 1. The number of fused-ring (bicyclic) bond motifs is 1. The Balaban J connectivity index is 1.97. The van der Waals surface area contributed by atoms with Crippen LogP contribution in [0.3, 0.4) is 0 Å². The number of hydrogen-bond acceptors (Lipinski definition) is 2. The molecule has 1 aromatic carbocycles. The van der Waals surface area contributed by atoms with E-state index in [-0.39, 0.29) is 11.8 Å². The van der Waals surface area contributed by atoms with Crippen LogP contribution in [0.1, 0.15) is 17.3 Å². The van der Waals surface area contributed by atoms with Gasteiger partial charge in [0.15, 0.2) is 0 Å². The van der Waals surface area contributed by atoms with Crippen molar-refractivity contribution in [3.8, 4) is 0 Å². The predicted molar refractivity (Wildman–Crippen MR) is 71.8 cm³/mol. The lowest BCUT2D eigenvalue weighted by Crippen LogP contribution is -2.55. The fourth-order valence-electron chi connectivity index (χ4n) is 2.46. The maximum Gasteiger partial charge on any atom is 0.256 e. The van der Waals surface area contributed by atoms with Gasteiger partial charge in [0.2, 0.25) is 5.91 Å². The van der Waals surface area contributed by atoms with Gasteiger partial charge in [0.1, 0.15) is 6.04 Å². The molecule has 98 valence electrons. The molecule has 1 fully saturated rings. The number of aromatic nitrogens is 1. The van der Waals surface area contributed by atoms with Gasteiger partial charge in [-0.2, -0.15) is 0 Å². The highest BCUT2D eigenvalue weighted by Crippen LogP contribution is 2.20. The Morgan fingerprint density at radius 2 is 2.16 bits per heavy atom. The van der Waals surface area contributed by atoms with Crippen LogP contribution in [0.4, 0.5) is 0 Å². The van der Waals surface area contributed by atoms with Gasteiger partial charge in [-0.1, -0.05) is 18.2 Å². The maximum atomic E-state index is 12.6. The van der Waals surface area contributed by atoms with Crippen molar-refractivity contribution in [2.45, 2.75) is 13.0 Å². The molecule has 1 aromatic heterocycles. The van der Waals surface area contributed by atoms with Crippen LogP contribution in [0, 0.1) is 0 Å². The summed E-state index contributed by atoms with van der Waals surface area (Å²) >= 11 is 0. The van der Waals surface area contributed by atoms with Crippen molar-refractivity contribution in [2.75, 3.05) is 13.1 Å². The standard InChI is InChI=1S/C14H15N3O2/c1-9-13(18)15-6-7-17(9)14(19)11-8-16-12-5-3-2-4-10(11)12/h2-5,8-9,16H,6-7H2,1H3,(H,15,18). The van der Waals surface area contributed by atoms with Crippen LogP contribution >= 0.6 is 0 Å². The minimum atomic E-state index is -0.421. The second-order valence-electron chi connectivity index (χ2n) is 4.71. The average molecular weight is 257 g/mol. The fraction of sp³-hybridized carbons (Fsp3) is 0.286. The number of benzene rings is 1. The van der Waals surface area contributed by atoms with Crippen LogP contribution in [0.5, 0.6) is 0 Å². The molecule has 2 aromatic rings. The number of hydrogen-bond donors (Lipinski definition) is 2. The number of carbonyl (C=O) groups excluding carboxylic acids is 2. The zero-order valence-corrected chi connectivity index (χ0v) is 10.6. The van der Waals surface area contributed by atoms with Gasteiger partial charge in [-0.25, -0.2) is 0 Å². The normalized spacial score (nSPS) is 19.5. The molecule has 1 saturated heterocycles. The number of H-pyrrole nitrogens is 1. The molecule has 2 N–H and O–H groups in total. The zero-order chi connectivity index (χ0) is 13.4. The summed E-state index contributed by atoms with van der Waals surface area (Å²) in [6, 6.07) is 7.24. The second-order valence-corrected chi connectivity index (χ2v) is 4.71. The Kier molecular flexibility index (Phi) is 2.74. The largest absolute Gasteiger partial charge is 0.360 e. The molecule has 5 nitrogen and oxygen atoms in total. The lowest BCUT2D eigenvalue weighted by molar-refractivity contribution is -0.127. The zero-order valence-electron chi connectivity index (χ0n) is 10.6. The van der Waals surface area contributed by atoms with E-state index in [1.54, 1.807) is 18.0 Å². The van der Waals surface area contributed by atoms with Crippen LogP contribution in [-0.4, -0.2) is 40.8 Å². The van der Waals surface area contributed by atoms with Crippen LogP contribution in [0.15, 0.2) is 30.5 Å². The average Bonchev–Trinajstić information content (AvgIpc) is 2.85. The van der Waals surface area contributed by atoms with E-state index in [2.05, 4.69) is 10.3 Å². The number of nitrogens with zero attached hydrogens (tertiary/aromatic N) is 1. The summed E-state index contributed by atoms with van der Waals surface area (Å²) in [5.74, 6) is -0.195. The Labute approximate surface area is 110 Å². The molecule has 5 heteroatoms.